The minimum atomic E-state index is -2.12. The molecule has 0 aliphatic carbocycles. The Hall–Kier alpha value is -4.27. The maximum absolute atomic E-state index is 14.6. The van der Waals surface area contributed by atoms with E-state index in [4.69, 9.17) is 4.74 Å². The van der Waals surface area contributed by atoms with E-state index in [2.05, 4.69) is 20.9 Å². The largest absolute Gasteiger partial charge is 0.505 e. The Morgan fingerprint density at radius 2 is 1.77 bits per heavy atom. The van der Waals surface area contributed by atoms with Gasteiger partial charge in [-0.2, -0.15) is 0 Å². The highest BCUT2D eigenvalue weighted by atomic mass is 19.2. The Morgan fingerprint density at radius 3 is 2.40 bits per heavy atom. The summed E-state index contributed by atoms with van der Waals surface area (Å²) in [4.78, 5) is 56.5. The molecule has 43 heavy (non-hydrogen) atoms. The van der Waals surface area contributed by atoms with Gasteiger partial charge in [0.1, 0.15) is 23.9 Å². The highest BCUT2D eigenvalue weighted by Crippen LogP contribution is 2.23. The van der Waals surface area contributed by atoms with Gasteiger partial charge in [0.05, 0.1) is 18.1 Å². The molecule has 11 nitrogen and oxygen atoms in total. The summed E-state index contributed by atoms with van der Waals surface area (Å²) in [7, 11) is 0. The summed E-state index contributed by atoms with van der Waals surface area (Å²) < 4.78 is 61.6. The smallest absolute Gasteiger partial charge is 0.329 e. The molecule has 2 unspecified atom stereocenters. The summed E-state index contributed by atoms with van der Waals surface area (Å²) in [6, 6.07) is -1.75. The first kappa shape index (κ1) is 33.2. The maximum atomic E-state index is 14.6. The van der Waals surface area contributed by atoms with Crippen molar-refractivity contribution in [3.05, 3.63) is 58.9 Å². The molecule has 3 amide bonds. The number of cyclic esters (lactones) is 1. The number of halogens is 4. The summed E-state index contributed by atoms with van der Waals surface area (Å²) in [5.41, 5.74) is -1.24. The predicted molar refractivity (Wildman–Crippen MR) is 141 cm³/mol. The molecule has 0 bridgehead atoms. The molecule has 0 spiro atoms. The van der Waals surface area contributed by atoms with E-state index >= 15 is 0 Å². The van der Waals surface area contributed by atoms with Crippen LogP contribution in [-0.4, -0.2) is 69.2 Å². The van der Waals surface area contributed by atoms with Crippen LogP contribution in [0, 0.1) is 35.1 Å². The number of aliphatic hydroxyl groups is 1. The number of rotatable bonds is 6. The molecular formula is C28H32F4N4O7. The Morgan fingerprint density at radius 1 is 1.09 bits per heavy atom. The number of hydrogen-bond acceptors (Lipinski definition) is 8. The van der Waals surface area contributed by atoms with Crippen LogP contribution in [0.25, 0.3) is 0 Å². The average Bonchev–Trinajstić information content (AvgIpc) is 2.97. The molecule has 234 valence electrons. The Kier molecular flexibility index (Phi) is 10.7. The Balaban J connectivity index is 2.08. The maximum Gasteiger partial charge on any atom is 0.329 e. The zero-order chi connectivity index (χ0) is 32.2. The Labute approximate surface area is 244 Å². The second kappa shape index (κ2) is 13.8. The first-order chi connectivity index (χ1) is 20.2. The van der Waals surface area contributed by atoms with Crippen LogP contribution < -0.4 is 16.0 Å². The first-order valence-corrected chi connectivity index (χ1v) is 13.4. The van der Waals surface area contributed by atoms with Crippen LogP contribution in [0.1, 0.15) is 50.2 Å². The van der Waals surface area contributed by atoms with E-state index in [9.17, 15) is 47.0 Å². The molecule has 0 saturated carbocycles. The van der Waals surface area contributed by atoms with Crippen molar-refractivity contribution in [2.75, 3.05) is 0 Å². The minimum absolute atomic E-state index is 0.347. The highest BCUT2D eigenvalue weighted by molar-refractivity contribution is 5.98. The molecule has 2 aromatic rings. The molecule has 5 N–H and O–H groups in total. The number of carbonyl (C=O) groups excluding carboxylic acids is 4. The van der Waals surface area contributed by atoms with E-state index in [1.54, 1.807) is 13.8 Å². The monoisotopic (exact) mass is 612 g/mol. The summed E-state index contributed by atoms with van der Waals surface area (Å²) >= 11 is 0. The number of pyridine rings is 1. The molecule has 0 radical (unpaired) electrons. The molecule has 2 heterocycles. The van der Waals surface area contributed by atoms with E-state index in [1.807, 2.05) is 0 Å². The van der Waals surface area contributed by atoms with Crippen LogP contribution in [0.3, 0.4) is 0 Å². The van der Waals surface area contributed by atoms with Crippen molar-refractivity contribution in [2.24, 2.45) is 11.8 Å². The fourth-order valence-corrected chi connectivity index (χ4v) is 4.50. The number of carbonyl (C=O) groups is 4. The number of hydrogen-bond donors (Lipinski definition) is 5. The number of amides is 3. The lowest BCUT2D eigenvalue weighted by Gasteiger charge is -2.34. The van der Waals surface area contributed by atoms with Crippen LogP contribution in [-0.2, 0) is 25.5 Å². The number of aromatic hydroxyl groups is 1. The van der Waals surface area contributed by atoms with Crippen molar-refractivity contribution in [1.29, 1.82) is 0 Å². The van der Waals surface area contributed by atoms with Gasteiger partial charge >= 0.3 is 5.97 Å². The summed E-state index contributed by atoms with van der Waals surface area (Å²) in [6.07, 6.45) is -2.51. The lowest BCUT2D eigenvalue weighted by Crippen LogP contribution is -2.61. The van der Waals surface area contributed by atoms with Crippen LogP contribution in [0.15, 0.2) is 24.4 Å². The van der Waals surface area contributed by atoms with Crippen LogP contribution in [0.4, 0.5) is 17.6 Å². The van der Waals surface area contributed by atoms with Gasteiger partial charge in [-0.3, -0.25) is 14.4 Å². The normalized spacial score (nSPS) is 25.8. The molecule has 7 atom stereocenters. The second-order valence-corrected chi connectivity index (χ2v) is 10.4. The third-order valence-electron chi connectivity index (χ3n) is 7.39. The van der Waals surface area contributed by atoms with Gasteiger partial charge in [0.15, 0.2) is 29.0 Å². The topological polar surface area (TPSA) is 167 Å². The van der Waals surface area contributed by atoms with Gasteiger partial charge < -0.3 is 30.9 Å². The number of nitrogens with one attached hydrogen (secondary N) is 3. The van der Waals surface area contributed by atoms with Gasteiger partial charge in [0, 0.05) is 6.20 Å². The van der Waals surface area contributed by atoms with E-state index in [-0.39, 0.29) is 0 Å². The van der Waals surface area contributed by atoms with Gasteiger partial charge in [-0.05, 0) is 43.0 Å². The van der Waals surface area contributed by atoms with E-state index in [0.29, 0.717) is 12.5 Å². The van der Waals surface area contributed by atoms with Crippen molar-refractivity contribution >= 4 is 23.7 Å². The molecule has 1 saturated heterocycles. The lowest BCUT2D eigenvalue weighted by molar-refractivity contribution is -0.157. The number of aliphatic hydroxyl groups excluding tert-OH is 1. The zero-order valence-corrected chi connectivity index (χ0v) is 23.7. The number of benzene rings is 1. The van der Waals surface area contributed by atoms with Crippen molar-refractivity contribution in [3.8, 4) is 5.75 Å². The predicted octanol–water partition coefficient (Wildman–Crippen LogP) is 1.64. The van der Waals surface area contributed by atoms with Gasteiger partial charge in [0.25, 0.3) is 5.91 Å². The van der Waals surface area contributed by atoms with Gasteiger partial charge in [-0.15, -0.1) is 0 Å². The number of aromatic nitrogens is 1. The Bertz CT molecular complexity index is 1400. The molecule has 1 aromatic carbocycles. The summed E-state index contributed by atoms with van der Waals surface area (Å²) in [6.45, 7) is 5.87. The molecule has 1 aromatic heterocycles. The average molecular weight is 613 g/mol. The van der Waals surface area contributed by atoms with Crippen molar-refractivity contribution < 1.29 is 51.7 Å². The van der Waals surface area contributed by atoms with E-state index in [0.717, 1.165) is 6.07 Å². The van der Waals surface area contributed by atoms with Gasteiger partial charge in [0.2, 0.25) is 11.8 Å². The zero-order valence-electron chi connectivity index (χ0n) is 23.7. The highest BCUT2D eigenvalue weighted by Gasteiger charge is 2.40. The molecule has 1 aliphatic heterocycles. The molecule has 1 aliphatic rings. The van der Waals surface area contributed by atoms with Gasteiger partial charge in [-0.25, -0.2) is 27.3 Å². The molecule has 1 fully saturated rings. The van der Waals surface area contributed by atoms with Crippen molar-refractivity contribution in [1.82, 2.24) is 20.9 Å². The molecule has 3 rings (SSSR count). The first-order valence-electron chi connectivity index (χ1n) is 13.4. The lowest BCUT2D eigenvalue weighted by atomic mass is 9.90. The fourth-order valence-electron chi connectivity index (χ4n) is 4.50. The number of ether oxygens (including phenoxy) is 1. The third-order valence-corrected chi connectivity index (χ3v) is 7.39. The van der Waals surface area contributed by atoms with Crippen molar-refractivity contribution in [3.63, 3.8) is 0 Å². The van der Waals surface area contributed by atoms with Crippen LogP contribution in [0.2, 0.25) is 0 Å². The van der Waals surface area contributed by atoms with E-state index < -0.39 is 113 Å². The summed E-state index contributed by atoms with van der Waals surface area (Å²) in [5, 5.41) is 28.3. The number of esters is 1. The second-order valence-electron chi connectivity index (χ2n) is 10.4. The quantitative estimate of drug-likeness (QED) is 0.142. The molecular weight excluding hydrogens is 580 g/mol. The summed E-state index contributed by atoms with van der Waals surface area (Å²) in [5.74, 6) is -14.1. The number of nitrogens with zero attached hydrogens (tertiary/aromatic N) is 1. The van der Waals surface area contributed by atoms with Crippen LogP contribution >= 0.6 is 0 Å². The SMILES string of the molecule is CCC(C)C1NC(=O)[C@H](C)[C@H](O)[C@H](Cc2cc(F)c(F)c(F)c2F)NC(=O)[C@@H](NC(=O)c2ncccc2O)[C@@H](C)OC1=O. The van der Waals surface area contributed by atoms with E-state index in [1.165, 1.54) is 26.1 Å². The van der Waals surface area contributed by atoms with Crippen LogP contribution in [0.5, 0.6) is 5.75 Å². The fraction of sp³-hybridized carbons (Fsp3) is 0.464. The third kappa shape index (κ3) is 7.39. The molecule has 15 heteroatoms. The standard InChI is InChI=1S/C28H32F4N4O7/c1-5-11(2)21-28(42)43-13(4)22(36-27(41)23-17(37)7-6-8-33-23)26(40)34-16(24(38)12(3)25(39)35-21)10-14-9-15(29)19(31)20(32)18(14)30/h6-9,11-13,16,21-22,24,37-38H,5,10H2,1-4H3,(H,34,40)(H,35,39)(H,36,41)/t11?,12-,13-,16+,21?,22+,24+/m1/s1. The minimum Gasteiger partial charge on any atom is -0.505 e. The van der Waals surface area contributed by atoms with Crippen molar-refractivity contribution in [2.45, 2.75) is 70.9 Å². The van der Waals surface area contributed by atoms with Gasteiger partial charge in [-0.1, -0.05) is 27.2 Å².